The zero-order valence-electron chi connectivity index (χ0n) is 13.9. The molecule has 0 aliphatic carbocycles. The Morgan fingerprint density at radius 2 is 1.68 bits per heavy atom. The molecule has 2 amide bonds. The van der Waals surface area contributed by atoms with E-state index in [1.54, 1.807) is 30.3 Å². The number of nitriles is 1. The number of hydrogen-bond acceptors (Lipinski definition) is 4. The van der Waals surface area contributed by atoms with E-state index in [2.05, 4.69) is 10.6 Å². The molecule has 0 unspecified atom stereocenters. The summed E-state index contributed by atoms with van der Waals surface area (Å²) in [7, 11) is 0. The van der Waals surface area contributed by atoms with Crippen LogP contribution in [0.5, 0.6) is 5.75 Å². The van der Waals surface area contributed by atoms with Gasteiger partial charge in [0.15, 0.2) is 0 Å². The molecule has 6 heteroatoms. The average Bonchev–Trinajstić information content (AvgIpc) is 2.57. The number of nitrogens with zero attached hydrogens (tertiary/aromatic N) is 1. The zero-order valence-corrected chi connectivity index (χ0v) is 13.9. The summed E-state index contributed by atoms with van der Waals surface area (Å²) in [5, 5.41) is 13.9. The third kappa shape index (κ3) is 5.99. The van der Waals surface area contributed by atoms with Crippen molar-refractivity contribution in [1.29, 1.82) is 5.26 Å². The van der Waals surface area contributed by atoms with Crippen molar-refractivity contribution in [1.82, 2.24) is 0 Å². The van der Waals surface area contributed by atoms with Crippen molar-refractivity contribution in [3.63, 3.8) is 0 Å². The van der Waals surface area contributed by atoms with Gasteiger partial charge in [-0.1, -0.05) is 18.2 Å². The first-order valence-electron chi connectivity index (χ1n) is 7.89. The van der Waals surface area contributed by atoms with E-state index in [-0.39, 0.29) is 24.7 Å². The summed E-state index contributed by atoms with van der Waals surface area (Å²) in [4.78, 5) is 23.6. The van der Waals surface area contributed by atoms with Crippen LogP contribution in [0.2, 0.25) is 0 Å². The number of nitrogens with one attached hydrogen (secondary N) is 2. The van der Waals surface area contributed by atoms with Crippen LogP contribution >= 0.6 is 0 Å². The molecule has 0 saturated heterocycles. The number of carbonyl (C=O) groups excluding carboxylic acids is 2. The second-order valence-corrected chi connectivity index (χ2v) is 5.27. The van der Waals surface area contributed by atoms with Crippen molar-refractivity contribution in [2.24, 2.45) is 0 Å². The SMILES string of the molecule is CCOc1ccc(CC(=O)Nc2cccc(NC(=O)CC#N)c2)cc1. The third-order valence-electron chi connectivity index (χ3n) is 3.27. The van der Waals surface area contributed by atoms with Gasteiger partial charge in [0, 0.05) is 11.4 Å². The summed E-state index contributed by atoms with van der Waals surface area (Å²) in [5.41, 5.74) is 1.98. The van der Waals surface area contributed by atoms with Crippen molar-refractivity contribution in [3.8, 4) is 11.8 Å². The minimum atomic E-state index is -0.389. The van der Waals surface area contributed by atoms with Crippen molar-refractivity contribution in [3.05, 3.63) is 54.1 Å². The minimum Gasteiger partial charge on any atom is -0.494 e. The molecule has 0 atom stereocenters. The second-order valence-electron chi connectivity index (χ2n) is 5.27. The molecule has 0 fully saturated rings. The predicted molar refractivity (Wildman–Crippen MR) is 95.2 cm³/mol. The van der Waals surface area contributed by atoms with Crippen LogP contribution in [0.25, 0.3) is 0 Å². The van der Waals surface area contributed by atoms with Crippen molar-refractivity contribution in [2.45, 2.75) is 19.8 Å². The van der Waals surface area contributed by atoms with Gasteiger partial charge in [0.05, 0.1) is 19.1 Å². The Balaban J connectivity index is 1.93. The number of carbonyl (C=O) groups is 2. The number of anilines is 2. The van der Waals surface area contributed by atoms with Gasteiger partial charge < -0.3 is 15.4 Å². The van der Waals surface area contributed by atoms with E-state index in [4.69, 9.17) is 10.00 Å². The molecule has 2 N–H and O–H groups in total. The highest BCUT2D eigenvalue weighted by Crippen LogP contribution is 2.17. The van der Waals surface area contributed by atoms with E-state index >= 15 is 0 Å². The molecule has 0 bridgehead atoms. The quantitative estimate of drug-likeness (QED) is 0.812. The lowest BCUT2D eigenvalue weighted by molar-refractivity contribution is -0.116. The lowest BCUT2D eigenvalue weighted by atomic mass is 10.1. The fourth-order valence-electron chi connectivity index (χ4n) is 2.21. The lowest BCUT2D eigenvalue weighted by Crippen LogP contribution is -2.15. The highest BCUT2D eigenvalue weighted by atomic mass is 16.5. The number of ether oxygens (including phenoxy) is 1. The summed E-state index contributed by atoms with van der Waals surface area (Å²) < 4.78 is 5.37. The lowest BCUT2D eigenvalue weighted by Gasteiger charge is -2.09. The van der Waals surface area contributed by atoms with Crippen molar-refractivity contribution in [2.75, 3.05) is 17.2 Å². The first-order chi connectivity index (χ1) is 12.1. The topological polar surface area (TPSA) is 91.2 Å². The molecule has 0 aliphatic heterocycles. The molecule has 0 radical (unpaired) electrons. The first kappa shape index (κ1) is 18.0. The summed E-state index contributed by atoms with van der Waals surface area (Å²) in [6, 6.07) is 15.9. The van der Waals surface area contributed by atoms with Crippen LogP contribution in [0, 0.1) is 11.3 Å². The highest BCUT2D eigenvalue weighted by molar-refractivity contribution is 5.95. The highest BCUT2D eigenvalue weighted by Gasteiger charge is 2.06. The average molecular weight is 337 g/mol. The normalized spacial score (nSPS) is 9.76. The molecule has 2 aromatic rings. The number of rotatable bonds is 7. The number of amides is 2. The Labute approximate surface area is 146 Å². The Hall–Kier alpha value is -3.33. The molecular formula is C19H19N3O3. The summed E-state index contributed by atoms with van der Waals surface area (Å²) in [5.74, 6) is 0.220. The fraction of sp³-hybridized carbons (Fsp3) is 0.211. The van der Waals surface area contributed by atoms with Gasteiger partial charge in [-0.2, -0.15) is 5.26 Å². The summed E-state index contributed by atoms with van der Waals surface area (Å²) in [6.45, 7) is 2.51. The molecule has 0 saturated carbocycles. The summed E-state index contributed by atoms with van der Waals surface area (Å²) >= 11 is 0. The Kier molecular flexibility index (Phi) is 6.55. The van der Waals surface area contributed by atoms with Crippen LogP contribution in [0.1, 0.15) is 18.9 Å². The van der Waals surface area contributed by atoms with Gasteiger partial charge in [0.25, 0.3) is 0 Å². The van der Waals surface area contributed by atoms with Gasteiger partial charge in [-0.15, -0.1) is 0 Å². The zero-order chi connectivity index (χ0) is 18.1. The standard InChI is InChI=1S/C19H19N3O3/c1-2-25-17-8-6-14(7-9-17)12-19(24)22-16-5-3-4-15(13-16)21-18(23)10-11-20/h3-9,13H,2,10,12H2,1H3,(H,21,23)(H,22,24). The van der Waals surface area contributed by atoms with E-state index in [0.29, 0.717) is 18.0 Å². The number of benzene rings is 2. The van der Waals surface area contributed by atoms with Crippen LogP contribution in [-0.4, -0.2) is 18.4 Å². The second kappa shape index (κ2) is 9.08. The van der Waals surface area contributed by atoms with Crippen molar-refractivity contribution < 1.29 is 14.3 Å². The maximum atomic E-state index is 12.2. The largest absolute Gasteiger partial charge is 0.494 e. The van der Waals surface area contributed by atoms with E-state index < -0.39 is 0 Å². The molecule has 2 aromatic carbocycles. The van der Waals surface area contributed by atoms with Crippen LogP contribution in [0.15, 0.2) is 48.5 Å². The Morgan fingerprint density at radius 1 is 1.04 bits per heavy atom. The van der Waals surface area contributed by atoms with Crippen LogP contribution < -0.4 is 15.4 Å². The van der Waals surface area contributed by atoms with E-state index in [9.17, 15) is 9.59 Å². The molecule has 25 heavy (non-hydrogen) atoms. The maximum Gasteiger partial charge on any atom is 0.238 e. The maximum absolute atomic E-state index is 12.2. The van der Waals surface area contributed by atoms with Crippen LogP contribution in [-0.2, 0) is 16.0 Å². The van der Waals surface area contributed by atoms with E-state index in [1.807, 2.05) is 31.2 Å². The predicted octanol–water partition coefficient (Wildman–Crippen LogP) is 3.12. The number of hydrogen-bond donors (Lipinski definition) is 2. The molecule has 128 valence electrons. The van der Waals surface area contributed by atoms with E-state index in [1.165, 1.54) is 0 Å². The monoisotopic (exact) mass is 337 g/mol. The molecule has 2 rings (SSSR count). The van der Waals surface area contributed by atoms with Gasteiger partial charge >= 0.3 is 0 Å². The third-order valence-corrected chi connectivity index (χ3v) is 3.27. The van der Waals surface area contributed by atoms with Crippen LogP contribution in [0.3, 0.4) is 0 Å². The molecule has 6 nitrogen and oxygen atoms in total. The molecule has 0 spiro atoms. The fourth-order valence-corrected chi connectivity index (χ4v) is 2.21. The molecular weight excluding hydrogens is 318 g/mol. The van der Waals surface area contributed by atoms with Crippen LogP contribution in [0.4, 0.5) is 11.4 Å². The smallest absolute Gasteiger partial charge is 0.238 e. The van der Waals surface area contributed by atoms with Gasteiger partial charge in [0.2, 0.25) is 11.8 Å². The van der Waals surface area contributed by atoms with Gasteiger partial charge in [-0.05, 0) is 42.8 Å². The van der Waals surface area contributed by atoms with Gasteiger partial charge in [0.1, 0.15) is 12.2 Å². The molecule has 0 aliphatic rings. The Morgan fingerprint density at radius 3 is 2.28 bits per heavy atom. The first-order valence-corrected chi connectivity index (χ1v) is 7.89. The Bertz CT molecular complexity index is 779. The molecule has 0 heterocycles. The minimum absolute atomic E-state index is 0.162. The van der Waals surface area contributed by atoms with Gasteiger partial charge in [-0.25, -0.2) is 0 Å². The summed E-state index contributed by atoms with van der Waals surface area (Å²) in [6.07, 6.45) is 0.0196. The van der Waals surface area contributed by atoms with E-state index in [0.717, 1.165) is 11.3 Å². The van der Waals surface area contributed by atoms with Gasteiger partial charge in [-0.3, -0.25) is 9.59 Å². The van der Waals surface area contributed by atoms with Crippen molar-refractivity contribution >= 4 is 23.2 Å². The molecule has 0 aromatic heterocycles.